The van der Waals surface area contributed by atoms with Crippen molar-refractivity contribution >= 4 is 32.5 Å². The molecule has 0 saturated carbocycles. The molecule has 34 heavy (non-hydrogen) atoms. The number of sulfonamides is 1. The van der Waals surface area contributed by atoms with Gasteiger partial charge in [-0.2, -0.15) is 4.31 Å². The summed E-state index contributed by atoms with van der Waals surface area (Å²) in [7, 11) is 0.971. The maximum atomic E-state index is 13.2. The van der Waals surface area contributed by atoms with Crippen LogP contribution in [0.5, 0.6) is 11.5 Å². The Kier molecular flexibility index (Phi) is 6.86. The van der Waals surface area contributed by atoms with Crippen molar-refractivity contribution in [3.05, 3.63) is 57.6 Å². The summed E-state index contributed by atoms with van der Waals surface area (Å²) >= 11 is 6.04. The van der Waals surface area contributed by atoms with Crippen molar-refractivity contribution in [2.45, 2.75) is 17.9 Å². The lowest BCUT2D eigenvalue weighted by Gasteiger charge is -2.37. The summed E-state index contributed by atoms with van der Waals surface area (Å²) in [5.74, 6) is 1.45. The molecule has 0 amide bonds. The van der Waals surface area contributed by atoms with Gasteiger partial charge in [0.05, 0.1) is 36.1 Å². The minimum atomic E-state index is -3.69. The molecule has 182 valence electrons. The Morgan fingerprint density at radius 1 is 1.00 bits per heavy atom. The average molecular weight is 507 g/mol. The highest BCUT2D eigenvalue weighted by molar-refractivity contribution is 7.89. The zero-order valence-electron chi connectivity index (χ0n) is 19.5. The van der Waals surface area contributed by atoms with Crippen LogP contribution in [0.1, 0.15) is 18.8 Å². The van der Waals surface area contributed by atoms with Gasteiger partial charge in [0.25, 0.3) is 5.56 Å². The van der Waals surface area contributed by atoms with Crippen molar-refractivity contribution in [1.29, 1.82) is 0 Å². The third-order valence-electron chi connectivity index (χ3n) is 6.26. The van der Waals surface area contributed by atoms with Crippen molar-refractivity contribution in [1.82, 2.24) is 18.8 Å². The molecule has 9 nitrogen and oxygen atoms in total. The third kappa shape index (κ3) is 4.38. The Balaban J connectivity index is 1.53. The maximum Gasteiger partial charge on any atom is 0.261 e. The first-order valence-electron chi connectivity index (χ1n) is 10.8. The van der Waals surface area contributed by atoms with Crippen molar-refractivity contribution in [3.8, 4) is 11.5 Å². The van der Waals surface area contributed by atoms with Crippen LogP contribution in [-0.2, 0) is 17.1 Å². The molecule has 3 aromatic rings. The lowest BCUT2D eigenvalue weighted by Crippen LogP contribution is -2.49. The highest BCUT2D eigenvalue weighted by atomic mass is 35.5. The van der Waals surface area contributed by atoms with Crippen LogP contribution >= 0.6 is 11.6 Å². The van der Waals surface area contributed by atoms with E-state index in [9.17, 15) is 13.2 Å². The predicted octanol–water partition coefficient (Wildman–Crippen LogP) is 2.67. The van der Waals surface area contributed by atoms with Crippen LogP contribution in [0.3, 0.4) is 0 Å². The van der Waals surface area contributed by atoms with E-state index in [2.05, 4.69) is 4.90 Å². The first kappa shape index (κ1) is 24.5. The molecule has 11 heteroatoms. The number of benzene rings is 2. The Morgan fingerprint density at radius 2 is 1.68 bits per heavy atom. The molecule has 1 aliphatic heterocycles. The van der Waals surface area contributed by atoms with E-state index in [1.807, 2.05) is 6.92 Å². The fourth-order valence-electron chi connectivity index (χ4n) is 4.25. The number of ether oxygens (including phenoxy) is 2. The minimum absolute atomic E-state index is 0.156. The van der Waals surface area contributed by atoms with Gasteiger partial charge in [-0.1, -0.05) is 11.6 Å². The highest BCUT2D eigenvalue weighted by Gasteiger charge is 2.32. The SMILES string of the molecule is COc1ccc(S(=O)(=O)N2CCN(C(C)c3nc4ccc(Cl)cc4c(=O)n3C)CC2)cc1OC. The largest absolute Gasteiger partial charge is 0.493 e. The summed E-state index contributed by atoms with van der Waals surface area (Å²) in [5, 5.41) is 0.954. The number of halogens is 1. The monoisotopic (exact) mass is 506 g/mol. The molecule has 1 fully saturated rings. The topological polar surface area (TPSA) is 94.0 Å². The van der Waals surface area contributed by atoms with Crippen molar-refractivity contribution in [3.63, 3.8) is 0 Å². The molecule has 4 rings (SSSR count). The summed E-state index contributed by atoms with van der Waals surface area (Å²) in [6.07, 6.45) is 0. The van der Waals surface area contributed by atoms with E-state index in [0.717, 1.165) is 0 Å². The van der Waals surface area contributed by atoms with Crippen LogP contribution in [0.15, 0.2) is 46.1 Å². The van der Waals surface area contributed by atoms with E-state index in [-0.39, 0.29) is 16.5 Å². The van der Waals surface area contributed by atoms with Gasteiger partial charge in [-0.3, -0.25) is 14.3 Å². The zero-order valence-corrected chi connectivity index (χ0v) is 21.1. The van der Waals surface area contributed by atoms with Crippen molar-refractivity contribution < 1.29 is 17.9 Å². The molecule has 0 aliphatic carbocycles. The second-order valence-corrected chi connectivity index (χ2v) is 10.5. The van der Waals surface area contributed by atoms with E-state index < -0.39 is 10.0 Å². The molecular weight excluding hydrogens is 480 g/mol. The molecule has 2 heterocycles. The molecule has 1 aromatic heterocycles. The summed E-state index contributed by atoms with van der Waals surface area (Å²) in [5.41, 5.74) is 0.424. The standard InChI is InChI=1S/C23H27ClN4O5S/c1-15(22-25-19-7-5-16(24)13-18(19)23(29)26(22)2)27-9-11-28(12-10-27)34(30,31)17-6-8-20(32-3)21(14-17)33-4/h5-8,13-15H,9-12H2,1-4H3. The van der Waals surface area contributed by atoms with E-state index in [0.29, 0.717) is 59.4 Å². The van der Waals surface area contributed by atoms with Gasteiger partial charge in [0.1, 0.15) is 5.82 Å². The number of hydrogen-bond donors (Lipinski definition) is 0. The number of aromatic nitrogens is 2. The molecule has 0 radical (unpaired) electrons. The number of rotatable bonds is 6. The Hall–Kier alpha value is -2.66. The number of methoxy groups -OCH3 is 2. The van der Waals surface area contributed by atoms with Crippen LogP contribution < -0.4 is 15.0 Å². The van der Waals surface area contributed by atoms with Gasteiger partial charge in [-0.25, -0.2) is 13.4 Å². The van der Waals surface area contributed by atoms with Gasteiger partial charge in [-0.05, 0) is 37.3 Å². The number of hydrogen-bond acceptors (Lipinski definition) is 7. The van der Waals surface area contributed by atoms with Crippen LogP contribution in [0.2, 0.25) is 5.02 Å². The molecule has 1 aliphatic rings. The highest BCUT2D eigenvalue weighted by Crippen LogP contribution is 2.31. The second-order valence-electron chi connectivity index (χ2n) is 8.13. The molecular formula is C23H27ClN4O5S. The molecule has 0 spiro atoms. The van der Waals surface area contributed by atoms with E-state index in [1.54, 1.807) is 31.3 Å². The zero-order chi connectivity index (χ0) is 24.6. The molecule has 0 bridgehead atoms. The molecule has 0 N–H and O–H groups in total. The molecule has 1 saturated heterocycles. The second kappa shape index (κ2) is 9.53. The normalized spacial score (nSPS) is 16.5. The van der Waals surface area contributed by atoms with Gasteiger partial charge in [-0.15, -0.1) is 0 Å². The van der Waals surface area contributed by atoms with E-state index in [4.69, 9.17) is 26.1 Å². The molecule has 1 unspecified atom stereocenters. The van der Waals surface area contributed by atoms with Crippen LogP contribution in [0.4, 0.5) is 0 Å². The maximum absolute atomic E-state index is 13.2. The van der Waals surface area contributed by atoms with Crippen molar-refractivity contribution in [2.75, 3.05) is 40.4 Å². The number of piperazine rings is 1. The Morgan fingerprint density at radius 3 is 2.32 bits per heavy atom. The predicted molar refractivity (Wildman–Crippen MR) is 130 cm³/mol. The van der Waals surface area contributed by atoms with Gasteiger partial charge in [0, 0.05) is 44.3 Å². The Bertz CT molecular complexity index is 1380. The number of fused-ring (bicyclic) bond motifs is 1. The van der Waals surface area contributed by atoms with Gasteiger partial charge < -0.3 is 9.47 Å². The van der Waals surface area contributed by atoms with Crippen LogP contribution in [0.25, 0.3) is 10.9 Å². The average Bonchev–Trinajstić information content (AvgIpc) is 2.85. The van der Waals surface area contributed by atoms with Gasteiger partial charge in [0.2, 0.25) is 10.0 Å². The number of nitrogens with zero attached hydrogens (tertiary/aromatic N) is 4. The van der Waals surface area contributed by atoms with Gasteiger partial charge >= 0.3 is 0 Å². The summed E-state index contributed by atoms with van der Waals surface area (Å²) in [6, 6.07) is 9.48. The first-order valence-corrected chi connectivity index (χ1v) is 12.6. The fraction of sp³-hybridized carbons (Fsp3) is 0.391. The third-order valence-corrected chi connectivity index (χ3v) is 8.39. The summed E-state index contributed by atoms with van der Waals surface area (Å²) in [6.45, 7) is 3.61. The lowest BCUT2D eigenvalue weighted by molar-refractivity contribution is 0.139. The lowest BCUT2D eigenvalue weighted by atomic mass is 10.2. The summed E-state index contributed by atoms with van der Waals surface area (Å²) < 4.78 is 39.9. The quantitative estimate of drug-likeness (QED) is 0.507. The van der Waals surface area contributed by atoms with E-state index in [1.165, 1.54) is 35.2 Å². The minimum Gasteiger partial charge on any atom is -0.493 e. The van der Waals surface area contributed by atoms with Crippen LogP contribution in [-0.4, -0.2) is 67.6 Å². The van der Waals surface area contributed by atoms with Gasteiger partial charge in [0.15, 0.2) is 11.5 Å². The summed E-state index contributed by atoms with van der Waals surface area (Å²) in [4.78, 5) is 19.9. The fourth-order valence-corrected chi connectivity index (χ4v) is 5.86. The van der Waals surface area contributed by atoms with E-state index >= 15 is 0 Å². The first-order chi connectivity index (χ1) is 16.2. The molecule has 1 atom stereocenters. The van der Waals surface area contributed by atoms with Crippen LogP contribution in [0, 0.1) is 0 Å². The smallest absolute Gasteiger partial charge is 0.261 e. The molecule has 2 aromatic carbocycles. The Labute approximate surface area is 203 Å². The van der Waals surface area contributed by atoms with Crippen molar-refractivity contribution in [2.24, 2.45) is 7.05 Å².